The van der Waals surface area contributed by atoms with E-state index in [1.54, 1.807) is 6.92 Å². The highest BCUT2D eigenvalue weighted by Gasteiger charge is 2.16. The number of hydrogen-bond acceptors (Lipinski definition) is 4. The molecular formula is C12H27N3O2S. The minimum absolute atomic E-state index is 0.156. The second-order valence-electron chi connectivity index (χ2n) is 5.05. The van der Waals surface area contributed by atoms with Gasteiger partial charge in [-0.25, -0.2) is 13.1 Å². The lowest BCUT2D eigenvalue weighted by Crippen LogP contribution is -2.41. The van der Waals surface area contributed by atoms with Crippen LogP contribution in [-0.2, 0) is 10.0 Å². The van der Waals surface area contributed by atoms with Crippen molar-refractivity contribution in [2.75, 3.05) is 25.4 Å². The lowest BCUT2D eigenvalue weighted by atomic mass is 9.99. The average Bonchev–Trinajstić information content (AvgIpc) is 2.29. The molecule has 0 aliphatic carbocycles. The Hall–Kier alpha value is -0.170. The zero-order valence-electron chi connectivity index (χ0n) is 11.5. The molecule has 6 heteroatoms. The molecule has 5 nitrogen and oxygen atoms in total. The van der Waals surface area contributed by atoms with Crippen LogP contribution >= 0.6 is 0 Å². The van der Waals surface area contributed by atoms with Crippen LogP contribution in [0.3, 0.4) is 0 Å². The van der Waals surface area contributed by atoms with Crippen LogP contribution in [0.25, 0.3) is 0 Å². The first kappa shape index (κ1) is 15.9. The van der Waals surface area contributed by atoms with Gasteiger partial charge in [0.25, 0.3) is 0 Å². The average molecular weight is 277 g/mol. The van der Waals surface area contributed by atoms with E-state index >= 15 is 0 Å². The molecule has 1 aliphatic heterocycles. The Morgan fingerprint density at radius 1 is 1.39 bits per heavy atom. The molecule has 18 heavy (non-hydrogen) atoms. The van der Waals surface area contributed by atoms with Gasteiger partial charge in [0, 0.05) is 25.2 Å². The fraction of sp³-hybridized carbons (Fsp3) is 1.00. The molecule has 0 saturated carbocycles. The van der Waals surface area contributed by atoms with Crippen molar-refractivity contribution >= 4 is 10.0 Å². The molecule has 0 aromatic heterocycles. The van der Waals surface area contributed by atoms with Crippen LogP contribution < -0.4 is 15.4 Å². The minimum Gasteiger partial charge on any atom is -0.314 e. The third-order valence-corrected chi connectivity index (χ3v) is 4.75. The van der Waals surface area contributed by atoms with E-state index in [-0.39, 0.29) is 5.75 Å². The zero-order valence-corrected chi connectivity index (χ0v) is 12.4. The quantitative estimate of drug-likeness (QED) is 0.602. The van der Waals surface area contributed by atoms with Crippen LogP contribution in [0.4, 0.5) is 0 Å². The lowest BCUT2D eigenvalue weighted by Gasteiger charge is -2.26. The summed E-state index contributed by atoms with van der Waals surface area (Å²) in [5.41, 5.74) is 0. The number of sulfonamides is 1. The summed E-state index contributed by atoms with van der Waals surface area (Å²) in [7, 11) is -3.09. The van der Waals surface area contributed by atoms with Gasteiger partial charge in [-0.05, 0) is 32.7 Å². The molecule has 0 amide bonds. The maximum Gasteiger partial charge on any atom is 0.212 e. The third-order valence-electron chi connectivity index (χ3n) is 3.28. The van der Waals surface area contributed by atoms with E-state index in [0.717, 1.165) is 13.0 Å². The number of rotatable bonds is 8. The Morgan fingerprint density at radius 3 is 2.78 bits per heavy atom. The van der Waals surface area contributed by atoms with Crippen molar-refractivity contribution in [2.24, 2.45) is 0 Å². The largest absolute Gasteiger partial charge is 0.314 e. The smallest absolute Gasteiger partial charge is 0.212 e. The van der Waals surface area contributed by atoms with Crippen molar-refractivity contribution in [3.8, 4) is 0 Å². The summed E-state index contributed by atoms with van der Waals surface area (Å²) < 4.78 is 25.4. The molecule has 1 heterocycles. The van der Waals surface area contributed by atoms with Gasteiger partial charge in [0.05, 0.1) is 5.75 Å². The molecule has 1 saturated heterocycles. The lowest BCUT2D eigenvalue weighted by molar-refractivity contribution is 0.347. The van der Waals surface area contributed by atoms with Gasteiger partial charge in [-0.2, -0.15) is 0 Å². The molecule has 0 aromatic rings. The van der Waals surface area contributed by atoms with Crippen molar-refractivity contribution < 1.29 is 8.42 Å². The monoisotopic (exact) mass is 277 g/mol. The van der Waals surface area contributed by atoms with Crippen LogP contribution in [0.1, 0.15) is 39.5 Å². The van der Waals surface area contributed by atoms with Gasteiger partial charge < -0.3 is 10.6 Å². The topological polar surface area (TPSA) is 70.2 Å². The Labute approximate surface area is 111 Å². The highest BCUT2D eigenvalue weighted by atomic mass is 32.2. The van der Waals surface area contributed by atoms with Gasteiger partial charge in [-0.3, -0.25) is 0 Å². The predicted molar refractivity (Wildman–Crippen MR) is 75.2 cm³/mol. The summed E-state index contributed by atoms with van der Waals surface area (Å²) in [6.45, 7) is 6.01. The molecule has 3 N–H and O–H groups in total. The van der Waals surface area contributed by atoms with E-state index < -0.39 is 10.0 Å². The molecule has 108 valence electrons. The van der Waals surface area contributed by atoms with E-state index in [0.29, 0.717) is 25.2 Å². The number of hydrogen-bond donors (Lipinski definition) is 3. The van der Waals surface area contributed by atoms with Gasteiger partial charge in [0.1, 0.15) is 0 Å². The number of nitrogens with one attached hydrogen (secondary N) is 3. The summed E-state index contributed by atoms with van der Waals surface area (Å²) in [6.07, 6.45) is 4.89. The Morgan fingerprint density at radius 2 is 2.17 bits per heavy atom. The van der Waals surface area contributed by atoms with Crippen molar-refractivity contribution in [1.29, 1.82) is 0 Å². The molecular weight excluding hydrogens is 250 g/mol. The van der Waals surface area contributed by atoms with Crippen molar-refractivity contribution in [3.63, 3.8) is 0 Å². The minimum atomic E-state index is -3.09. The summed E-state index contributed by atoms with van der Waals surface area (Å²) in [4.78, 5) is 0. The molecule has 2 atom stereocenters. The SMILES string of the molecule is CCNS(=O)(=O)CCNC(C)CC1CCCCN1. The molecule has 1 rings (SSSR count). The standard InChI is InChI=1S/C12H27N3O2S/c1-3-15-18(16,17)9-8-13-11(2)10-12-6-4-5-7-14-12/h11-15H,3-10H2,1-2H3. The van der Waals surface area contributed by atoms with Crippen LogP contribution in [0.5, 0.6) is 0 Å². The van der Waals surface area contributed by atoms with Crippen LogP contribution in [0, 0.1) is 0 Å². The van der Waals surface area contributed by atoms with Gasteiger partial charge in [-0.15, -0.1) is 0 Å². The molecule has 0 spiro atoms. The molecule has 1 fully saturated rings. The van der Waals surface area contributed by atoms with Gasteiger partial charge in [0.15, 0.2) is 0 Å². The Kier molecular flexibility index (Phi) is 7.14. The van der Waals surface area contributed by atoms with Crippen molar-refractivity contribution in [1.82, 2.24) is 15.4 Å². The number of piperidine rings is 1. The van der Waals surface area contributed by atoms with Gasteiger partial charge in [-0.1, -0.05) is 13.3 Å². The maximum absolute atomic E-state index is 11.4. The predicted octanol–water partition coefficient (Wildman–Crippen LogP) is 0.436. The van der Waals surface area contributed by atoms with E-state index in [4.69, 9.17) is 0 Å². The molecule has 0 aromatic carbocycles. The third kappa shape index (κ3) is 6.68. The highest BCUT2D eigenvalue weighted by Crippen LogP contribution is 2.11. The van der Waals surface area contributed by atoms with Crippen molar-refractivity contribution in [2.45, 2.75) is 51.6 Å². The van der Waals surface area contributed by atoms with E-state index in [2.05, 4.69) is 22.3 Å². The molecule has 0 radical (unpaired) electrons. The molecule has 0 bridgehead atoms. The summed E-state index contributed by atoms with van der Waals surface area (Å²) >= 11 is 0. The first-order valence-corrected chi connectivity index (χ1v) is 8.63. The Balaban J connectivity index is 2.14. The first-order chi connectivity index (χ1) is 8.53. The van der Waals surface area contributed by atoms with E-state index in [1.807, 2.05) is 0 Å². The fourth-order valence-corrected chi connectivity index (χ4v) is 3.34. The highest BCUT2D eigenvalue weighted by molar-refractivity contribution is 7.89. The zero-order chi connectivity index (χ0) is 13.4. The Bertz CT molecular complexity index is 313. The normalized spacial score (nSPS) is 22.9. The maximum atomic E-state index is 11.4. The second kappa shape index (κ2) is 8.09. The first-order valence-electron chi connectivity index (χ1n) is 6.97. The van der Waals surface area contributed by atoms with Crippen LogP contribution in [-0.4, -0.2) is 45.9 Å². The van der Waals surface area contributed by atoms with Crippen LogP contribution in [0.15, 0.2) is 0 Å². The van der Waals surface area contributed by atoms with Crippen molar-refractivity contribution in [3.05, 3.63) is 0 Å². The fourth-order valence-electron chi connectivity index (χ4n) is 2.37. The molecule has 1 aliphatic rings. The summed E-state index contributed by atoms with van der Waals surface area (Å²) in [5, 5.41) is 6.79. The summed E-state index contributed by atoms with van der Waals surface area (Å²) in [6, 6.07) is 0.948. The summed E-state index contributed by atoms with van der Waals surface area (Å²) in [5.74, 6) is 0.156. The van der Waals surface area contributed by atoms with Gasteiger partial charge in [0.2, 0.25) is 10.0 Å². The van der Waals surface area contributed by atoms with Crippen LogP contribution in [0.2, 0.25) is 0 Å². The van der Waals surface area contributed by atoms with E-state index in [9.17, 15) is 8.42 Å². The molecule has 2 unspecified atom stereocenters. The van der Waals surface area contributed by atoms with E-state index in [1.165, 1.54) is 19.3 Å². The van der Waals surface area contributed by atoms with Gasteiger partial charge >= 0.3 is 0 Å². The second-order valence-corrected chi connectivity index (χ2v) is 6.98.